The Morgan fingerprint density at radius 1 is 1.18 bits per heavy atom. The van der Waals surface area contributed by atoms with Gasteiger partial charge in [-0.1, -0.05) is 23.7 Å². The van der Waals surface area contributed by atoms with Gasteiger partial charge >= 0.3 is 0 Å². The first-order valence-corrected chi connectivity index (χ1v) is 9.04. The third kappa shape index (κ3) is 4.32. The maximum atomic E-state index is 12.1. The van der Waals surface area contributed by atoms with Gasteiger partial charge in [-0.2, -0.15) is 5.10 Å². The molecular weight excluding hydrogens is 322 g/mol. The van der Waals surface area contributed by atoms with Gasteiger partial charge in [0, 0.05) is 17.3 Å². The fraction of sp³-hybridized carbons (Fsp3) is 0.400. The summed E-state index contributed by atoms with van der Waals surface area (Å²) in [6.45, 7) is 6.78. The Balaban J connectivity index is 1.92. The molecule has 0 atom stereocenters. The van der Waals surface area contributed by atoms with Crippen LogP contribution < -0.4 is 4.72 Å². The first-order chi connectivity index (χ1) is 10.3. The van der Waals surface area contributed by atoms with E-state index in [4.69, 9.17) is 11.6 Å². The molecule has 1 N–H and O–H groups in total. The molecule has 1 aromatic carbocycles. The molecule has 5 nitrogen and oxygen atoms in total. The highest BCUT2D eigenvalue weighted by Gasteiger charge is 2.12. The van der Waals surface area contributed by atoms with Gasteiger partial charge in [0.1, 0.15) is 0 Å². The molecule has 0 radical (unpaired) electrons. The van der Waals surface area contributed by atoms with Gasteiger partial charge in [-0.25, -0.2) is 13.1 Å². The lowest BCUT2D eigenvalue weighted by atomic mass is 10.2. The molecule has 0 amide bonds. The minimum Gasteiger partial charge on any atom is -0.268 e. The van der Waals surface area contributed by atoms with Gasteiger partial charge in [0.2, 0.25) is 10.0 Å². The van der Waals surface area contributed by atoms with Crippen molar-refractivity contribution in [3.63, 3.8) is 0 Å². The van der Waals surface area contributed by atoms with Crippen LogP contribution in [0.5, 0.6) is 0 Å². The number of aromatic nitrogens is 2. The monoisotopic (exact) mass is 341 g/mol. The summed E-state index contributed by atoms with van der Waals surface area (Å²) in [5.41, 5.74) is 3.89. The molecule has 0 unspecified atom stereocenters. The largest absolute Gasteiger partial charge is 0.268 e. The van der Waals surface area contributed by atoms with Gasteiger partial charge in [0.25, 0.3) is 0 Å². The SMILES string of the molecule is Cc1nn(CCNS(=O)(=O)Cc2ccc(Cl)cc2)c(C)c1C. The second-order valence-electron chi connectivity index (χ2n) is 5.30. The Hall–Kier alpha value is -1.37. The fourth-order valence-corrected chi connectivity index (χ4v) is 3.42. The van der Waals surface area contributed by atoms with E-state index in [1.807, 2.05) is 25.5 Å². The average Bonchev–Trinajstić information content (AvgIpc) is 2.69. The maximum Gasteiger partial charge on any atom is 0.215 e. The number of hydrogen-bond donors (Lipinski definition) is 1. The summed E-state index contributed by atoms with van der Waals surface area (Å²) in [6.07, 6.45) is 0. The summed E-state index contributed by atoms with van der Waals surface area (Å²) < 4.78 is 28.6. The Kier molecular flexibility index (Phi) is 5.26. The second kappa shape index (κ2) is 6.81. The molecule has 1 heterocycles. The summed E-state index contributed by atoms with van der Waals surface area (Å²) in [7, 11) is -3.37. The van der Waals surface area contributed by atoms with Crippen LogP contribution in [0, 0.1) is 20.8 Å². The summed E-state index contributed by atoms with van der Waals surface area (Å²) >= 11 is 5.79. The quantitative estimate of drug-likeness (QED) is 0.878. The molecule has 7 heteroatoms. The van der Waals surface area contributed by atoms with Crippen LogP contribution in [0.4, 0.5) is 0 Å². The van der Waals surface area contributed by atoms with Crippen molar-refractivity contribution in [3.8, 4) is 0 Å². The van der Waals surface area contributed by atoms with Crippen LogP contribution in [0.2, 0.25) is 5.02 Å². The van der Waals surface area contributed by atoms with Crippen LogP contribution in [-0.2, 0) is 22.3 Å². The van der Waals surface area contributed by atoms with E-state index in [1.165, 1.54) is 0 Å². The molecule has 0 saturated heterocycles. The lowest BCUT2D eigenvalue weighted by molar-refractivity contribution is 0.553. The number of halogens is 1. The number of rotatable bonds is 6. The predicted molar refractivity (Wildman–Crippen MR) is 88.5 cm³/mol. The van der Waals surface area contributed by atoms with E-state index in [9.17, 15) is 8.42 Å². The zero-order chi connectivity index (χ0) is 16.3. The van der Waals surface area contributed by atoms with E-state index in [-0.39, 0.29) is 5.75 Å². The number of nitrogens with one attached hydrogen (secondary N) is 1. The van der Waals surface area contributed by atoms with Crippen LogP contribution >= 0.6 is 11.6 Å². The highest BCUT2D eigenvalue weighted by atomic mass is 35.5. The topological polar surface area (TPSA) is 64.0 Å². The van der Waals surface area contributed by atoms with Gasteiger partial charge in [-0.05, 0) is 44.0 Å². The zero-order valence-corrected chi connectivity index (χ0v) is 14.5. The summed E-state index contributed by atoms with van der Waals surface area (Å²) in [5.74, 6) is -0.0552. The first kappa shape index (κ1) is 17.0. The molecule has 0 spiro atoms. The first-order valence-electron chi connectivity index (χ1n) is 7.01. The number of hydrogen-bond acceptors (Lipinski definition) is 3. The van der Waals surface area contributed by atoms with Crippen molar-refractivity contribution in [2.75, 3.05) is 6.54 Å². The third-order valence-corrected chi connectivity index (χ3v) is 5.27. The van der Waals surface area contributed by atoms with Crippen molar-refractivity contribution in [2.45, 2.75) is 33.1 Å². The minimum absolute atomic E-state index is 0.0552. The standard InChI is InChI=1S/C15H20ClN3O2S/c1-11-12(2)18-19(13(11)3)9-8-17-22(20,21)10-14-4-6-15(16)7-5-14/h4-7,17H,8-10H2,1-3H3. The Bertz CT molecular complexity index is 752. The van der Waals surface area contributed by atoms with Gasteiger partial charge in [0.05, 0.1) is 18.0 Å². The molecular formula is C15H20ClN3O2S. The zero-order valence-electron chi connectivity index (χ0n) is 12.9. The molecule has 2 rings (SSSR count). The molecule has 22 heavy (non-hydrogen) atoms. The maximum absolute atomic E-state index is 12.1. The predicted octanol–water partition coefficient (Wildman–Crippen LogP) is 2.58. The Morgan fingerprint density at radius 3 is 2.36 bits per heavy atom. The molecule has 120 valence electrons. The summed E-state index contributed by atoms with van der Waals surface area (Å²) in [6, 6.07) is 6.80. The highest BCUT2D eigenvalue weighted by molar-refractivity contribution is 7.88. The number of sulfonamides is 1. The average molecular weight is 342 g/mol. The molecule has 0 saturated carbocycles. The minimum atomic E-state index is -3.37. The van der Waals surface area contributed by atoms with Crippen molar-refractivity contribution < 1.29 is 8.42 Å². The van der Waals surface area contributed by atoms with E-state index in [0.717, 1.165) is 17.0 Å². The van der Waals surface area contributed by atoms with Crippen molar-refractivity contribution >= 4 is 21.6 Å². The van der Waals surface area contributed by atoms with E-state index in [2.05, 4.69) is 9.82 Å². The molecule has 0 aliphatic carbocycles. The number of nitrogens with zero attached hydrogens (tertiary/aromatic N) is 2. The highest BCUT2D eigenvalue weighted by Crippen LogP contribution is 2.12. The smallest absolute Gasteiger partial charge is 0.215 e. The van der Waals surface area contributed by atoms with Crippen LogP contribution in [0.15, 0.2) is 24.3 Å². The van der Waals surface area contributed by atoms with Gasteiger partial charge in [0.15, 0.2) is 0 Å². The van der Waals surface area contributed by atoms with Gasteiger partial charge in [-0.15, -0.1) is 0 Å². The van der Waals surface area contributed by atoms with E-state index < -0.39 is 10.0 Å². The summed E-state index contributed by atoms with van der Waals surface area (Å²) in [4.78, 5) is 0. The lowest BCUT2D eigenvalue weighted by Gasteiger charge is -2.08. The van der Waals surface area contributed by atoms with Gasteiger partial charge < -0.3 is 0 Å². The molecule has 1 aromatic heterocycles. The fourth-order valence-electron chi connectivity index (χ4n) is 2.16. The van der Waals surface area contributed by atoms with E-state index >= 15 is 0 Å². The molecule has 0 fully saturated rings. The molecule has 0 aliphatic rings. The van der Waals surface area contributed by atoms with Crippen LogP contribution in [-0.4, -0.2) is 24.7 Å². The third-order valence-electron chi connectivity index (χ3n) is 3.66. The number of aryl methyl sites for hydroxylation is 1. The number of benzene rings is 1. The molecule has 0 bridgehead atoms. The van der Waals surface area contributed by atoms with Crippen molar-refractivity contribution in [3.05, 3.63) is 51.8 Å². The van der Waals surface area contributed by atoms with Crippen LogP contribution in [0.3, 0.4) is 0 Å². The Morgan fingerprint density at radius 2 is 1.82 bits per heavy atom. The van der Waals surface area contributed by atoms with Crippen LogP contribution in [0.25, 0.3) is 0 Å². The Labute approximate surface area is 136 Å². The van der Waals surface area contributed by atoms with Crippen molar-refractivity contribution in [1.29, 1.82) is 0 Å². The second-order valence-corrected chi connectivity index (χ2v) is 7.54. The van der Waals surface area contributed by atoms with Crippen LogP contribution in [0.1, 0.15) is 22.5 Å². The van der Waals surface area contributed by atoms with Gasteiger partial charge in [-0.3, -0.25) is 4.68 Å². The normalized spacial score (nSPS) is 11.8. The summed E-state index contributed by atoms with van der Waals surface area (Å²) in [5, 5.41) is 4.98. The molecule has 0 aliphatic heterocycles. The van der Waals surface area contributed by atoms with E-state index in [0.29, 0.717) is 23.7 Å². The molecule has 2 aromatic rings. The van der Waals surface area contributed by atoms with E-state index in [1.54, 1.807) is 24.3 Å². The van der Waals surface area contributed by atoms with Crippen molar-refractivity contribution in [1.82, 2.24) is 14.5 Å². The van der Waals surface area contributed by atoms with Crippen molar-refractivity contribution in [2.24, 2.45) is 0 Å². The lowest BCUT2D eigenvalue weighted by Crippen LogP contribution is -2.29.